The molecule has 0 heterocycles. The lowest BCUT2D eigenvalue weighted by molar-refractivity contribution is -0.274. The van der Waals surface area contributed by atoms with Crippen molar-refractivity contribution in [2.75, 3.05) is 7.11 Å². The average Bonchev–Trinajstić information content (AvgIpc) is 3.44. The van der Waals surface area contributed by atoms with E-state index in [4.69, 9.17) is 9.47 Å². The summed E-state index contributed by atoms with van der Waals surface area (Å²) in [6, 6.07) is 5.69. The predicted octanol–water partition coefficient (Wildman–Crippen LogP) is 4.89. The minimum absolute atomic E-state index is 0.0249. The van der Waals surface area contributed by atoms with E-state index in [-0.39, 0.29) is 35.2 Å². The molecule has 2 aromatic rings. The van der Waals surface area contributed by atoms with Crippen LogP contribution in [0.5, 0.6) is 17.2 Å². The molecular formula is C19H16F4O5. The van der Waals surface area contributed by atoms with Crippen LogP contribution in [0.15, 0.2) is 30.3 Å². The molecule has 3 rings (SSSR count). The van der Waals surface area contributed by atoms with Crippen LogP contribution in [0.3, 0.4) is 0 Å². The number of carboxylic acids is 1. The Bertz CT molecular complexity index is 891. The Hall–Kier alpha value is -2.97. The second-order valence-corrected chi connectivity index (χ2v) is 6.26. The topological polar surface area (TPSA) is 65.0 Å². The van der Waals surface area contributed by atoms with Crippen molar-refractivity contribution in [1.29, 1.82) is 0 Å². The molecule has 0 amide bonds. The van der Waals surface area contributed by atoms with Crippen LogP contribution in [0.2, 0.25) is 0 Å². The summed E-state index contributed by atoms with van der Waals surface area (Å²) in [4.78, 5) is 11.4. The molecule has 0 saturated heterocycles. The Morgan fingerprint density at radius 1 is 1.18 bits per heavy atom. The summed E-state index contributed by atoms with van der Waals surface area (Å²) in [5, 5.41) is 9.31. The summed E-state index contributed by atoms with van der Waals surface area (Å²) in [6.07, 6.45) is -3.19. The maximum atomic E-state index is 14.1. The number of ether oxygens (including phenoxy) is 3. The minimum Gasteiger partial charge on any atom is -0.493 e. The Morgan fingerprint density at radius 2 is 1.89 bits per heavy atom. The van der Waals surface area contributed by atoms with E-state index in [0.717, 1.165) is 31.0 Å². The SMILES string of the molecule is COc1cc(OC(F)(F)F)ccc1OCc1cc(C2CC2)c(F)cc1C(=O)O. The van der Waals surface area contributed by atoms with Crippen molar-refractivity contribution in [2.24, 2.45) is 0 Å². The van der Waals surface area contributed by atoms with E-state index in [1.165, 1.54) is 19.2 Å². The number of halogens is 4. The molecule has 28 heavy (non-hydrogen) atoms. The maximum Gasteiger partial charge on any atom is 0.573 e. The van der Waals surface area contributed by atoms with Gasteiger partial charge in [-0.1, -0.05) is 0 Å². The summed E-state index contributed by atoms with van der Waals surface area (Å²) in [6.45, 7) is -0.225. The second kappa shape index (κ2) is 7.57. The molecule has 1 aliphatic rings. The zero-order valence-corrected chi connectivity index (χ0v) is 14.7. The van der Waals surface area contributed by atoms with Gasteiger partial charge in [0.1, 0.15) is 18.2 Å². The van der Waals surface area contributed by atoms with Crippen molar-refractivity contribution in [2.45, 2.75) is 31.7 Å². The fourth-order valence-corrected chi connectivity index (χ4v) is 2.78. The minimum atomic E-state index is -4.85. The third-order valence-electron chi connectivity index (χ3n) is 4.22. The van der Waals surface area contributed by atoms with E-state index in [2.05, 4.69) is 4.74 Å². The standard InChI is InChI=1S/C19H16F4O5/c1-26-17-7-12(28-19(21,22)23)4-5-16(17)27-9-11-6-13(10-2-3-10)15(20)8-14(11)18(24)25/h4-8,10H,2-3,9H2,1H3,(H,24,25). The molecule has 0 spiro atoms. The molecule has 5 nitrogen and oxygen atoms in total. The third kappa shape index (κ3) is 4.65. The van der Waals surface area contributed by atoms with Gasteiger partial charge in [0.2, 0.25) is 0 Å². The molecule has 1 aliphatic carbocycles. The van der Waals surface area contributed by atoms with Crippen LogP contribution in [0.25, 0.3) is 0 Å². The highest BCUT2D eigenvalue weighted by molar-refractivity contribution is 5.89. The number of alkyl halides is 3. The lowest BCUT2D eigenvalue weighted by atomic mass is 10.0. The summed E-state index contributed by atoms with van der Waals surface area (Å²) >= 11 is 0. The zero-order chi connectivity index (χ0) is 20.5. The van der Waals surface area contributed by atoms with Crippen LogP contribution in [-0.2, 0) is 6.61 Å². The van der Waals surface area contributed by atoms with Gasteiger partial charge in [-0.05, 0) is 48.6 Å². The predicted molar refractivity (Wildman–Crippen MR) is 89.3 cm³/mol. The van der Waals surface area contributed by atoms with Crippen molar-refractivity contribution in [3.05, 3.63) is 52.8 Å². The molecule has 150 valence electrons. The number of carbonyl (C=O) groups is 1. The van der Waals surface area contributed by atoms with Crippen LogP contribution in [0, 0.1) is 5.82 Å². The van der Waals surface area contributed by atoms with Crippen molar-refractivity contribution in [1.82, 2.24) is 0 Å². The molecule has 0 atom stereocenters. The summed E-state index contributed by atoms with van der Waals surface area (Å²) in [5.41, 5.74) is 0.454. The molecule has 1 N–H and O–H groups in total. The fraction of sp³-hybridized carbons (Fsp3) is 0.316. The molecule has 9 heteroatoms. The molecule has 0 unspecified atom stereocenters. The molecule has 1 fully saturated rings. The van der Waals surface area contributed by atoms with Gasteiger partial charge in [-0.3, -0.25) is 0 Å². The fourth-order valence-electron chi connectivity index (χ4n) is 2.78. The van der Waals surface area contributed by atoms with Crippen molar-refractivity contribution in [3.63, 3.8) is 0 Å². The van der Waals surface area contributed by atoms with Crippen molar-refractivity contribution >= 4 is 5.97 Å². The smallest absolute Gasteiger partial charge is 0.493 e. The average molecular weight is 400 g/mol. The number of carboxylic acid groups (broad SMARTS) is 1. The highest BCUT2D eigenvalue weighted by Gasteiger charge is 2.31. The summed E-state index contributed by atoms with van der Waals surface area (Å²) in [7, 11) is 1.24. The first-order chi connectivity index (χ1) is 13.2. The Kier molecular flexibility index (Phi) is 5.35. The highest BCUT2D eigenvalue weighted by atomic mass is 19.4. The number of aromatic carboxylic acids is 1. The monoisotopic (exact) mass is 400 g/mol. The Labute approximate surface area is 157 Å². The summed E-state index contributed by atoms with van der Waals surface area (Å²) in [5.74, 6) is -2.24. The summed E-state index contributed by atoms with van der Waals surface area (Å²) < 4.78 is 65.5. The van der Waals surface area contributed by atoms with Gasteiger partial charge in [-0.15, -0.1) is 13.2 Å². The lowest BCUT2D eigenvalue weighted by Gasteiger charge is -2.15. The molecule has 2 aromatic carbocycles. The quantitative estimate of drug-likeness (QED) is 0.671. The number of rotatable bonds is 7. The molecule has 0 radical (unpaired) electrons. The zero-order valence-electron chi connectivity index (χ0n) is 14.7. The normalized spacial score (nSPS) is 13.9. The van der Waals surface area contributed by atoms with E-state index in [1.807, 2.05) is 0 Å². The van der Waals surface area contributed by atoms with Gasteiger partial charge in [-0.2, -0.15) is 0 Å². The molecule has 0 bridgehead atoms. The Balaban J connectivity index is 1.83. The van der Waals surface area contributed by atoms with E-state index < -0.39 is 23.9 Å². The molecule has 1 saturated carbocycles. The van der Waals surface area contributed by atoms with E-state index in [1.54, 1.807) is 0 Å². The molecular weight excluding hydrogens is 384 g/mol. The highest BCUT2D eigenvalue weighted by Crippen LogP contribution is 2.42. The van der Waals surface area contributed by atoms with Crippen molar-refractivity contribution in [3.8, 4) is 17.2 Å². The number of methoxy groups -OCH3 is 1. The first-order valence-corrected chi connectivity index (χ1v) is 8.30. The van der Waals surface area contributed by atoms with Gasteiger partial charge in [-0.25, -0.2) is 9.18 Å². The van der Waals surface area contributed by atoms with Crippen LogP contribution in [0.4, 0.5) is 17.6 Å². The van der Waals surface area contributed by atoms with Gasteiger partial charge in [0.25, 0.3) is 0 Å². The van der Waals surface area contributed by atoms with Crippen LogP contribution in [0.1, 0.15) is 40.2 Å². The maximum absolute atomic E-state index is 14.1. The second-order valence-electron chi connectivity index (χ2n) is 6.26. The lowest BCUT2D eigenvalue weighted by Crippen LogP contribution is -2.17. The molecule has 0 aromatic heterocycles. The molecule has 0 aliphatic heterocycles. The van der Waals surface area contributed by atoms with Gasteiger partial charge >= 0.3 is 12.3 Å². The van der Waals surface area contributed by atoms with Crippen molar-refractivity contribution < 1.29 is 41.7 Å². The van der Waals surface area contributed by atoms with Crippen LogP contribution >= 0.6 is 0 Å². The first kappa shape index (κ1) is 19.8. The Morgan fingerprint density at radius 3 is 2.46 bits per heavy atom. The largest absolute Gasteiger partial charge is 0.573 e. The first-order valence-electron chi connectivity index (χ1n) is 8.30. The van der Waals surface area contributed by atoms with E-state index in [0.29, 0.717) is 5.56 Å². The van der Waals surface area contributed by atoms with Crippen LogP contribution in [-0.4, -0.2) is 24.5 Å². The van der Waals surface area contributed by atoms with Crippen LogP contribution < -0.4 is 14.2 Å². The van der Waals surface area contributed by atoms with E-state index >= 15 is 0 Å². The van der Waals surface area contributed by atoms with Gasteiger partial charge < -0.3 is 19.3 Å². The third-order valence-corrected chi connectivity index (χ3v) is 4.22. The number of hydrogen-bond acceptors (Lipinski definition) is 4. The van der Waals surface area contributed by atoms with E-state index in [9.17, 15) is 27.5 Å². The van der Waals surface area contributed by atoms with Gasteiger partial charge in [0, 0.05) is 11.6 Å². The van der Waals surface area contributed by atoms with Gasteiger partial charge in [0.05, 0.1) is 12.7 Å². The number of hydrogen-bond donors (Lipinski definition) is 1. The number of benzene rings is 2. The van der Waals surface area contributed by atoms with Gasteiger partial charge in [0.15, 0.2) is 11.5 Å².